The summed E-state index contributed by atoms with van der Waals surface area (Å²) in [5.74, 6) is 0.777. The zero-order valence-electron chi connectivity index (χ0n) is 15.2. The second-order valence-corrected chi connectivity index (χ2v) is 8.08. The topological polar surface area (TPSA) is 50.7 Å². The molecule has 0 aliphatic carbocycles. The summed E-state index contributed by atoms with van der Waals surface area (Å²) in [5, 5.41) is 15.4. The maximum Gasteiger partial charge on any atom is 0.165 e. The number of methoxy groups -OCH3 is 2. The molecule has 0 amide bonds. The molecule has 6 heteroatoms. The van der Waals surface area contributed by atoms with Crippen molar-refractivity contribution in [2.75, 3.05) is 14.2 Å². The molecule has 1 unspecified atom stereocenters. The lowest BCUT2D eigenvalue weighted by Crippen LogP contribution is -2.36. The van der Waals surface area contributed by atoms with E-state index in [9.17, 15) is 9.50 Å². The van der Waals surface area contributed by atoms with Gasteiger partial charge in [-0.3, -0.25) is 0 Å². The number of hydrogen-bond donors (Lipinski definition) is 2. The molecule has 2 aromatic rings. The van der Waals surface area contributed by atoms with Crippen molar-refractivity contribution in [3.8, 4) is 17.2 Å². The van der Waals surface area contributed by atoms with Gasteiger partial charge in [0.05, 0.1) is 14.2 Å². The third-order valence-corrected chi connectivity index (χ3v) is 5.06. The number of phenols is 1. The molecular formula is C19H25FNO3P. The van der Waals surface area contributed by atoms with E-state index in [-0.39, 0.29) is 25.7 Å². The van der Waals surface area contributed by atoms with Gasteiger partial charge in [-0.25, -0.2) is 4.39 Å². The Morgan fingerprint density at radius 2 is 1.80 bits per heavy atom. The molecule has 0 radical (unpaired) electrons. The molecule has 1 atom stereocenters. The molecule has 2 N–H and O–H groups in total. The van der Waals surface area contributed by atoms with Gasteiger partial charge in [0.1, 0.15) is 11.6 Å². The van der Waals surface area contributed by atoms with Crippen LogP contribution in [0.15, 0.2) is 30.3 Å². The van der Waals surface area contributed by atoms with Crippen molar-refractivity contribution < 1.29 is 19.0 Å². The van der Waals surface area contributed by atoms with Gasteiger partial charge in [0, 0.05) is 23.5 Å². The summed E-state index contributed by atoms with van der Waals surface area (Å²) >= 11 is 0. The molecule has 2 rings (SSSR count). The van der Waals surface area contributed by atoms with E-state index in [1.54, 1.807) is 25.3 Å². The monoisotopic (exact) mass is 365 g/mol. The molecule has 25 heavy (non-hydrogen) atoms. The number of hydrogen-bond acceptors (Lipinski definition) is 4. The fourth-order valence-corrected chi connectivity index (χ4v) is 3.52. The Morgan fingerprint density at radius 3 is 2.40 bits per heavy atom. The number of ether oxygens (including phenoxy) is 2. The van der Waals surface area contributed by atoms with Crippen LogP contribution in [0.5, 0.6) is 17.2 Å². The van der Waals surface area contributed by atoms with Gasteiger partial charge in [0.25, 0.3) is 0 Å². The van der Waals surface area contributed by atoms with Crippen LogP contribution in [0.1, 0.15) is 26.3 Å². The van der Waals surface area contributed by atoms with Crippen molar-refractivity contribution in [1.82, 2.24) is 5.32 Å². The first-order valence-electron chi connectivity index (χ1n) is 7.99. The number of benzene rings is 2. The van der Waals surface area contributed by atoms with E-state index in [0.29, 0.717) is 23.3 Å². The van der Waals surface area contributed by atoms with Crippen LogP contribution in [0.3, 0.4) is 0 Å². The highest BCUT2D eigenvalue weighted by Crippen LogP contribution is 2.33. The van der Waals surface area contributed by atoms with Crippen LogP contribution in [-0.2, 0) is 6.54 Å². The Labute approximate surface area is 150 Å². The number of phenolic OH excluding ortho intramolecular Hbond substituents is 1. The van der Waals surface area contributed by atoms with E-state index in [1.807, 2.05) is 0 Å². The van der Waals surface area contributed by atoms with Gasteiger partial charge in [0.15, 0.2) is 11.5 Å². The SMILES string of the molecule is COc1cc(OC)c(O)c(Pc2ccc(F)cc2CNC(C)(C)C)c1. The van der Waals surface area contributed by atoms with Crippen LogP contribution in [0.2, 0.25) is 0 Å². The fraction of sp³-hybridized carbons (Fsp3) is 0.368. The zero-order valence-corrected chi connectivity index (χ0v) is 16.2. The average Bonchev–Trinajstić information content (AvgIpc) is 2.56. The van der Waals surface area contributed by atoms with E-state index in [1.165, 1.54) is 19.2 Å². The van der Waals surface area contributed by atoms with Gasteiger partial charge in [0.2, 0.25) is 0 Å². The summed E-state index contributed by atoms with van der Waals surface area (Å²) < 4.78 is 24.2. The lowest BCUT2D eigenvalue weighted by atomic mass is 10.1. The van der Waals surface area contributed by atoms with Crippen LogP contribution in [-0.4, -0.2) is 24.9 Å². The molecule has 0 fully saturated rings. The highest BCUT2D eigenvalue weighted by molar-refractivity contribution is 7.55. The third-order valence-electron chi connectivity index (χ3n) is 3.65. The Bertz CT molecular complexity index is 744. The summed E-state index contributed by atoms with van der Waals surface area (Å²) in [6.45, 7) is 6.73. The number of rotatable bonds is 6. The van der Waals surface area contributed by atoms with Crippen molar-refractivity contribution in [2.45, 2.75) is 32.9 Å². The first kappa shape index (κ1) is 19.5. The summed E-state index contributed by atoms with van der Waals surface area (Å²) in [6, 6.07) is 8.16. The molecule has 0 spiro atoms. The lowest BCUT2D eigenvalue weighted by molar-refractivity contribution is 0.366. The van der Waals surface area contributed by atoms with E-state index >= 15 is 0 Å². The van der Waals surface area contributed by atoms with Crippen LogP contribution < -0.4 is 25.4 Å². The smallest absolute Gasteiger partial charge is 0.165 e. The van der Waals surface area contributed by atoms with Gasteiger partial charge >= 0.3 is 0 Å². The van der Waals surface area contributed by atoms with Crippen LogP contribution >= 0.6 is 8.58 Å². The van der Waals surface area contributed by atoms with E-state index in [2.05, 4.69) is 26.1 Å². The number of nitrogens with one attached hydrogen (secondary N) is 1. The Kier molecular flexibility index (Phi) is 6.26. The fourth-order valence-electron chi connectivity index (χ4n) is 2.29. The van der Waals surface area contributed by atoms with Crippen molar-refractivity contribution in [1.29, 1.82) is 0 Å². The highest BCUT2D eigenvalue weighted by Gasteiger charge is 2.15. The van der Waals surface area contributed by atoms with Gasteiger partial charge in [-0.15, -0.1) is 0 Å². The standard InChI is InChI=1S/C19H25FNO3P/c1-19(2,3)21-11-12-8-13(20)6-7-16(12)25-17-10-14(23-4)9-15(24-5)18(17)22/h6-10,21-22,25H,11H2,1-5H3. The second-order valence-electron chi connectivity index (χ2n) is 6.76. The van der Waals surface area contributed by atoms with E-state index in [0.717, 1.165) is 10.9 Å². The van der Waals surface area contributed by atoms with E-state index in [4.69, 9.17) is 9.47 Å². The molecule has 4 nitrogen and oxygen atoms in total. The quantitative estimate of drug-likeness (QED) is 0.773. The summed E-state index contributed by atoms with van der Waals surface area (Å²) in [7, 11) is 3.21. The lowest BCUT2D eigenvalue weighted by Gasteiger charge is -2.22. The minimum absolute atomic E-state index is 0.0754. The largest absolute Gasteiger partial charge is 0.504 e. The van der Waals surface area contributed by atoms with Crippen molar-refractivity contribution in [2.24, 2.45) is 0 Å². The third kappa shape index (κ3) is 5.32. The molecule has 0 aliphatic rings. The molecule has 0 bridgehead atoms. The zero-order chi connectivity index (χ0) is 18.6. The van der Waals surface area contributed by atoms with Crippen molar-refractivity contribution in [3.63, 3.8) is 0 Å². The van der Waals surface area contributed by atoms with Crippen LogP contribution in [0, 0.1) is 5.82 Å². The van der Waals surface area contributed by atoms with E-state index < -0.39 is 0 Å². The minimum atomic E-state index is -0.272. The summed E-state index contributed by atoms with van der Waals surface area (Å²) in [4.78, 5) is 0. The second kappa shape index (κ2) is 8.03. The first-order valence-corrected chi connectivity index (χ1v) is 8.99. The van der Waals surface area contributed by atoms with Crippen LogP contribution in [0.25, 0.3) is 0 Å². The normalized spacial score (nSPS) is 11.9. The minimum Gasteiger partial charge on any atom is -0.504 e. The molecule has 0 saturated heterocycles. The van der Waals surface area contributed by atoms with Gasteiger partial charge in [-0.05, 0) is 49.8 Å². The molecule has 0 heterocycles. The Morgan fingerprint density at radius 1 is 1.08 bits per heavy atom. The number of halogens is 1. The van der Waals surface area contributed by atoms with Gasteiger partial charge in [-0.1, -0.05) is 14.6 Å². The molecule has 0 aliphatic heterocycles. The van der Waals surface area contributed by atoms with Crippen LogP contribution in [0.4, 0.5) is 4.39 Å². The highest BCUT2D eigenvalue weighted by atomic mass is 31.1. The maximum atomic E-state index is 13.7. The molecule has 2 aromatic carbocycles. The molecular weight excluding hydrogens is 340 g/mol. The average molecular weight is 365 g/mol. The number of aromatic hydroxyl groups is 1. The Hall–Kier alpha value is -1.84. The molecule has 136 valence electrons. The predicted octanol–water partition coefficient (Wildman–Crippen LogP) is 3.07. The molecule has 0 saturated carbocycles. The Balaban J connectivity index is 2.37. The molecule has 0 aromatic heterocycles. The van der Waals surface area contributed by atoms with Crippen molar-refractivity contribution in [3.05, 3.63) is 41.7 Å². The predicted molar refractivity (Wildman–Crippen MR) is 102 cm³/mol. The van der Waals surface area contributed by atoms with Crippen molar-refractivity contribution >= 4 is 19.2 Å². The first-order chi connectivity index (χ1) is 11.7. The summed E-state index contributed by atoms with van der Waals surface area (Å²) in [5.41, 5.74) is 0.794. The van der Waals surface area contributed by atoms with Gasteiger partial charge < -0.3 is 19.9 Å². The summed E-state index contributed by atoms with van der Waals surface area (Å²) in [6.07, 6.45) is 0. The van der Waals surface area contributed by atoms with Gasteiger partial charge in [-0.2, -0.15) is 0 Å². The maximum absolute atomic E-state index is 13.7.